The molecule has 23 atom stereocenters. The zero-order valence-electron chi connectivity index (χ0n) is 51.4. The predicted molar refractivity (Wildman–Crippen MR) is 288 cm³/mol. The van der Waals surface area contributed by atoms with Crippen LogP contribution < -0.4 is 0 Å². The van der Waals surface area contributed by atoms with E-state index < -0.39 is 174 Å². The van der Waals surface area contributed by atoms with Gasteiger partial charge in [0.15, 0.2) is 42.3 Å². The third-order valence-corrected chi connectivity index (χ3v) is 16.2. The van der Waals surface area contributed by atoms with Gasteiger partial charge in [0.1, 0.15) is 42.5 Å². The summed E-state index contributed by atoms with van der Waals surface area (Å²) >= 11 is 0. The second kappa shape index (κ2) is 30.0. The molecule has 0 bridgehead atoms. The van der Waals surface area contributed by atoms with Gasteiger partial charge in [-0.3, -0.25) is 33.6 Å². The first kappa shape index (κ1) is 69.3. The molecule has 0 radical (unpaired) electrons. The number of ketones is 2. The van der Waals surface area contributed by atoms with E-state index in [1.165, 1.54) is 55.9 Å². The molecule has 3 heterocycles. The van der Waals surface area contributed by atoms with Crippen molar-refractivity contribution in [2.24, 2.45) is 52.5 Å². The van der Waals surface area contributed by atoms with Crippen molar-refractivity contribution in [3.05, 3.63) is 0 Å². The number of rotatable bonds is 18. The van der Waals surface area contributed by atoms with Crippen molar-refractivity contribution in [3.8, 4) is 0 Å². The number of Topliss-reactive ketones (excluding diaryl/α,β-unsaturated/α-hetero) is 2. The monoisotopic (exact) mass is 1160 g/mol. The molecule has 4 rings (SSSR count). The number of methoxy groups -OCH3 is 2. The highest BCUT2D eigenvalue weighted by molar-refractivity contribution is 5.91. The van der Waals surface area contributed by atoms with Crippen LogP contribution in [0, 0.1) is 47.3 Å². The van der Waals surface area contributed by atoms with Gasteiger partial charge in [0.25, 0.3) is 0 Å². The Labute approximate surface area is 478 Å². The van der Waals surface area contributed by atoms with E-state index in [4.69, 9.17) is 66.4 Å². The first-order valence-corrected chi connectivity index (χ1v) is 28.4. The molecule has 0 aromatic carbocycles. The Morgan fingerprint density at radius 3 is 1.83 bits per heavy atom. The van der Waals surface area contributed by atoms with Gasteiger partial charge < -0.3 is 71.5 Å². The Bertz CT molecular complexity index is 2170. The van der Waals surface area contributed by atoms with Crippen LogP contribution in [0.2, 0.25) is 0 Å². The van der Waals surface area contributed by atoms with Crippen LogP contribution in [0.25, 0.3) is 0 Å². The molecule has 4 fully saturated rings. The van der Waals surface area contributed by atoms with E-state index in [9.17, 15) is 29.1 Å². The van der Waals surface area contributed by atoms with Crippen LogP contribution in [0.5, 0.6) is 0 Å². The van der Waals surface area contributed by atoms with Gasteiger partial charge in [0, 0.05) is 79.4 Å². The van der Waals surface area contributed by atoms with Crippen LogP contribution in [0.1, 0.15) is 150 Å². The Morgan fingerprint density at radius 2 is 1.27 bits per heavy atom. The number of ether oxygens (including phenoxy) is 13. The summed E-state index contributed by atoms with van der Waals surface area (Å²) in [5.74, 6) is -10.0. The fourth-order valence-electron chi connectivity index (χ4n) is 12.5. The highest BCUT2D eigenvalue weighted by Gasteiger charge is 2.55. The normalized spacial score (nSPS) is 40.1. The summed E-state index contributed by atoms with van der Waals surface area (Å²) in [6.07, 6.45) is -14.4. The molecule has 23 nitrogen and oxygen atoms in total. The Balaban J connectivity index is 1.96. The van der Waals surface area contributed by atoms with Crippen molar-refractivity contribution in [1.29, 1.82) is 0 Å². The summed E-state index contributed by atoms with van der Waals surface area (Å²) in [4.78, 5) is 99.9. The lowest BCUT2D eigenvalue weighted by Gasteiger charge is -2.48. The van der Waals surface area contributed by atoms with Gasteiger partial charge in [0.2, 0.25) is 6.29 Å². The van der Waals surface area contributed by atoms with E-state index in [0.717, 1.165) is 0 Å². The van der Waals surface area contributed by atoms with Gasteiger partial charge in [-0.05, 0) is 70.6 Å². The summed E-state index contributed by atoms with van der Waals surface area (Å²) in [6, 6.07) is 0. The van der Waals surface area contributed by atoms with Crippen LogP contribution in [0.15, 0.2) is 5.16 Å². The number of esters is 5. The number of aliphatic hydroxyl groups is 1. The van der Waals surface area contributed by atoms with Crippen molar-refractivity contribution in [2.45, 2.75) is 247 Å². The summed E-state index contributed by atoms with van der Waals surface area (Å²) in [5.41, 5.74) is -3.29. The number of nitrogens with zero attached hydrogens (tertiary/aromatic N) is 1. The lowest BCUT2D eigenvalue weighted by molar-refractivity contribution is -0.306. The van der Waals surface area contributed by atoms with Crippen molar-refractivity contribution in [3.63, 3.8) is 0 Å². The van der Waals surface area contributed by atoms with Crippen molar-refractivity contribution >= 4 is 47.1 Å². The standard InChI is InChI=1S/C58H95NO22/c1-27(2)21-44(65)78-47-31(6)41(29(4)26-71-55-52(69-19)51(68-18)49(35(10)74-55)75-37(12)60)23-43(64)32(7)48(79-45-25-58(17,81-40(15)63)54(36(11)73-45)77-39(14)62)33(8)46(28(3)24-57(16,67)53(66)34(47)9)80-56-50(76-38(13)61)42(59-70-20)22-30(5)72-56/h27-36,41,45-52,54-56,67H,21-26H2,1-20H3/t28-,29-,30+,31-,32-,33+,34+,35+,36-,41+,45-,46-,47+,48+,49+,50+,51+,52+,54-,55+,56-,57-,58+/m0/s1. The molecule has 1 N–H and O–H groups in total. The van der Waals surface area contributed by atoms with Crippen LogP contribution in [-0.2, 0) is 100.0 Å². The van der Waals surface area contributed by atoms with Gasteiger partial charge in [-0.25, -0.2) is 0 Å². The predicted octanol–water partition coefficient (Wildman–Crippen LogP) is 6.01. The van der Waals surface area contributed by atoms with E-state index in [2.05, 4.69) is 5.16 Å². The largest absolute Gasteiger partial charge is 0.461 e. The third-order valence-electron chi connectivity index (χ3n) is 16.2. The molecule has 3 aliphatic heterocycles. The maximum Gasteiger partial charge on any atom is 0.306 e. The maximum absolute atomic E-state index is 15.7. The molecule has 0 amide bonds. The molecule has 0 aromatic rings. The van der Waals surface area contributed by atoms with Crippen LogP contribution in [0.4, 0.5) is 0 Å². The van der Waals surface area contributed by atoms with E-state index in [0.29, 0.717) is 5.71 Å². The number of hydrogen-bond acceptors (Lipinski definition) is 23. The molecule has 3 saturated heterocycles. The molecule has 81 heavy (non-hydrogen) atoms. The minimum atomic E-state index is -2.11. The molecule has 23 heteroatoms. The molecular weight excluding hydrogens is 1060 g/mol. The smallest absolute Gasteiger partial charge is 0.306 e. The number of carbonyl (C=O) groups excluding carboxylic acids is 7. The Morgan fingerprint density at radius 1 is 0.654 bits per heavy atom. The van der Waals surface area contributed by atoms with Gasteiger partial charge in [-0.1, -0.05) is 60.5 Å². The summed E-state index contributed by atoms with van der Waals surface area (Å²) in [5, 5.41) is 16.8. The first-order valence-electron chi connectivity index (χ1n) is 28.4. The second-order valence-electron chi connectivity index (χ2n) is 23.9. The fourth-order valence-corrected chi connectivity index (χ4v) is 12.5. The van der Waals surface area contributed by atoms with Crippen molar-refractivity contribution in [1.82, 2.24) is 0 Å². The average molecular weight is 1160 g/mol. The van der Waals surface area contributed by atoms with Gasteiger partial charge >= 0.3 is 29.8 Å². The molecular formula is C58H95NO22. The topological polar surface area (TPSA) is 281 Å². The van der Waals surface area contributed by atoms with E-state index in [-0.39, 0.29) is 50.4 Å². The molecule has 1 saturated carbocycles. The molecule has 0 unspecified atom stereocenters. The van der Waals surface area contributed by atoms with Crippen LogP contribution >= 0.6 is 0 Å². The molecule has 464 valence electrons. The zero-order valence-corrected chi connectivity index (χ0v) is 51.4. The molecule has 0 aromatic heterocycles. The van der Waals surface area contributed by atoms with Crippen molar-refractivity contribution in [2.75, 3.05) is 27.9 Å². The van der Waals surface area contributed by atoms with Crippen LogP contribution in [-0.4, -0.2) is 177 Å². The summed E-state index contributed by atoms with van der Waals surface area (Å²) < 4.78 is 80.6. The average Bonchev–Trinajstić information content (AvgIpc) is 3.42. The number of carbonyl (C=O) groups is 7. The minimum Gasteiger partial charge on any atom is -0.461 e. The maximum atomic E-state index is 15.7. The first-order chi connectivity index (χ1) is 37.7. The van der Waals surface area contributed by atoms with E-state index in [1.807, 2.05) is 20.8 Å². The summed E-state index contributed by atoms with van der Waals surface area (Å²) in [6.45, 7) is 27.3. The quantitative estimate of drug-likeness (QED) is 0.0934. The van der Waals surface area contributed by atoms with E-state index >= 15 is 9.59 Å². The highest BCUT2D eigenvalue weighted by atomic mass is 16.7. The molecule has 0 spiro atoms. The minimum absolute atomic E-state index is 0.0182. The fraction of sp³-hybridized carbons (Fsp3) is 0.862. The SMILES string of the molecule is CON=C1C[C@@H](C)O[C@@H](O[C@@H]2[C@@H](C)[C@H](O[C@H]3C[C@@](C)(OC(C)=O)[C@@H](OC(C)=O)[C@H](C)O3)[C@@H](C)C(=O)C[C@H]([C@@H](C)CO[C@@H]3O[C@H](C)[C@@H](OC(C)=O)[C@@H](OC)[C@H]3OC)[C@H](C)[C@@H](OC(=O)CC(C)C)[C@@H](C)C(=O)[C@@](C)(O)C[C@@H]2C)[C@@H]1OC(C)=O. The Kier molecular flexibility index (Phi) is 25.7. The van der Waals surface area contributed by atoms with Gasteiger partial charge in [-0.2, -0.15) is 0 Å². The lowest BCUT2D eigenvalue weighted by atomic mass is 9.69. The van der Waals surface area contributed by atoms with E-state index in [1.54, 1.807) is 62.3 Å². The van der Waals surface area contributed by atoms with Crippen LogP contribution in [0.3, 0.4) is 0 Å². The highest BCUT2D eigenvalue weighted by Crippen LogP contribution is 2.43. The Hall–Kier alpha value is -4.20. The number of hydrogen-bond donors (Lipinski definition) is 1. The second-order valence-corrected chi connectivity index (χ2v) is 23.9. The van der Waals surface area contributed by atoms with Crippen molar-refractivity contribution < 1.29 is 105 Å². The third kappa shape index (κ3) is 18.2. The number of oxime groups is 1. The summed E-state index contributed by atoms with van der Waals surface area (Å²) in [7, 11) is 4.25. The molecule has 4 aliphatic rings. The molecule has 1 aliphatic carbocycles. The lowest BCUT2D eigenvalue weighted by Crippen LogP contribution is -2.60. The van der Waals surface area contributed by atoms with Gasteiger partial charge in [0.05, 0.1) is 43.0 Å². The zero-order chi connectivity index (χ0) is 61.2. The van der Waals surface area contributed by atoms with Gasteiger partial charge in [-0.15, -0.1) is 0 Å².